The largest absolute Gasteiger partial charge is 0.326 e. The first-order valence-corrected chi connectivity index (χ1v) is 11.7. The number of benzene rings is 2. The maximum absolute atomic E-state index is 13.0. The number of amides is 1. The Morgan fingerprint density at radius 2 is 1.86 bits per heavy atom. The minimum Gasteiger partial charge on any atom is -0.326 e. The molecule has 0 spiro atoms. The van der Waals surface area contributed by atoms with E-state index in [9.17, 15) is 13.2 Å². The van der Waals surface area contributed by atoms with Gasteiger partial charge in [0.1, 0.15) is 0 Å². The highest BCUT2D eigenvalue weighted by Crippen LogP contribution is 2.27. The van der Waals surface area contributed by atoms with Crippen molar-refractivity contribution in [3.05, 3.63) is 58.6 Å². The summed E-state index contributed by atoms with van der Waals surface area (Å²) in [5.41, 5.74) is 2.75. The van der Waals surface area contributed by atoms with Crippen molar-refractivity contribution < 1.29 is 13.2 Å². The van der Waals surface area contributed by atoms with Gasteiger partial charge in [0.05, 0.1) is 10.8 Å². The number of aryl methyl sites for hydroxylation is 1. The highest BCUT2D eigenvalue weighted by Gasteiger charge is 2.33. The maximum Gasteiger partial charge on any atom is 0.243 e. The summed E-state index contributed by atoms with van der Waals surface area (Å²) in [5.74, 6) is -0.111. The average molecular weight is 435 g/mol. The predicted octanol–water partition coefficient (Wildman–Crippen LogP) is 4.81. The lowest BCUT2D eigenvalue weighted by Gasteiger charge is -2.31. The molecule has 1 fully saturated rings. The zero-order valence-electron chi connectivity index (χ0n) is 17.0. The van der Waals surface area contributed by atoms with E-state index in [4.69, 9.17) is 11.6 Å². The van der Waals surface area contributed by atoms with Crippen molar-refractivity contribution in [3.8, 4) is 0 Å². The van der Waals surface area contributed by atoms with Crippen molar-refractivity contribution in [1.29, 1.82) is 0 Å². The molecule has 1 heterocycles. The van der Waals surface area contributed by atoms with Crippen LogP contribution in [0.15, 0.2) is 47.4 Å². The minimum atomic E-state index is -3.69. The highest BCUT2D eigenvalue weighted by molar-refractivity contribution is 7.89. The molecule has 1 amide bonds. The Morgan fingerprint density at radius 1 is 1.17 bits per heavy atom. The molecule has 0 radical (unpaired) electrons. The van der Waals surface area contributed by atoms with Crippen LogP contribution >= 0.6 is 11.6 Å². The van der Waals surface area contributed by atoms with Crippen molar-refractivity contribution in [3.63, 3.8) is 0 Å². The molecule has 3 rings (SSSR count). The Balaban J connectivity index is 1.70. The van der Waals surface area contributed by atoms with Crippen LogP contribution in [0.2, 0.25) is 5.02 Å². The smallest absolute Gasteiger partial charge is 0.243 e. The number of hydrogen-bond acceptors (Lipinski definition) is 3. The SMILES string of the molecule is Cc1ccc(S(=O)(=O)N2CCC[C@H](C(=O)Nc3ccc(C(C)C)cc3)C2)cc1Cl. The number of hydrogen-bond donors (Lipinski definition) is 1. The van der Waals surface area contributed by atoms with Crippen LogP contribution in [0.1, 0.15) is 43.7 Å². The lowest BCUT2D eigenvalue weighted by molar-refractivity contribution is -0.120. The normalized spacial score (nSPS) is 18.0. The number of carbonyl (C=O) groups excluding carboxylic acids is 1. The summed E-state index contributed by atoms with van der Waals surface area (Å²) in [7, 11) is -3.69. The molecule has 1 saturated heterocycles. The Labute approximate surface area is 178 Å². The number of carbonyl (C=O) groups is 1. The van der Waals surface area contributed by atoms with E-state index >= 15 is 0 Å². The molecule has 29 heavy (non-hydrogen) atoms. The third kappa shape index (κ3) is 5.00. The van der Waals surface area contributed by atoms with Crippen LogP contribution in [0.3, 0.4) is 0 Å². The van der Waals surface area contributed by atoms with Crippen LogP contribution in [-0.4, -0.2) is 31.7 Å². The lowest BCUT2D eigenvalue weighted by Crippen LogP contribution is -2.43. The van der Waals surface area contributed by atoms with E-state index in [0.717, 1.165) is 11.3 Å². The molecule has 0 saturated carbocycles. The highest BCUT2D eigenvalue weighted by atomic mass is 35.5. The second-order valence-corrected chi connectivity index (χ2v) is 10.2. The van der Waals surface area contributed by atoms with E-state index in [1.807, 2.05) is 31.2 Å². The van der Waals surface area contributed by atoms with Crippen molar-refractivity contribution in [1.82, 2.24) is 4.31 Å². The fourth-order valence-corrected chi connectivity index (χ4v) is 5.25. The van der Waals surface area contributed by atoms with E-state index in [1.54, 1.807) is 12.1 Å². The van der Waals surface area contributed by atoms with Crippen LogP contribution in [0.5, 0.6) is 0 Å². The van der Waals surface area contributed by atoms with Gasteiger partial charge in [-0.2, -0.15) is 4.31 Å². The van der Waals surface area contributed by atoms with Gasteiger partial charge >= 0.3 is 0 Å². The van der Waals surface area contributed by atoms with Crippen LogP contribution in [0.4, 0.5) is 5.69 Å². The molecule has 0 bridgehead atoms. The van der Waals surface area contributed by atoms with Gasteiger partial charge < -0.3 is 5.32 Å². The Hall–Kier alpha value is -1.89. The van der Waals surface area contributed by atoms with E-state index in [0.29, 0.717) is 30.3 Å². The minimum absolute atomic E-state index is 0.149. The van der Waals surface area contributed by atoms with Crippen LogP contribution in [0, 0.1) is 12.8 Å². The monoisotopic (exact) mass is 434 g/mol. The summed E-state index contributed by atoms with van der Waals surface area (Å²) in [6.07, 6.45) is 1.31. The topological polar surface area (TPSA) is 66.5 Å². The average Bonchev–Trinajstić information content (AvgIpc) is 2.70. The number of nitrogens with one attached hydrogen (secondary N) is 1. The van der Waals surface area contributed by atoms with Crippen molar-refractivity contribution in [2.45, 2.75) is 44.4 Å². The van der Waals surface area contributed by atoms with Gasteiger partial charge in [-0.05, 0) is 61.1 Å². The number of halogens is 1. The Bertz CT molecular complexity index is 988. The molecule has 1 aliphatic rings. The molecule has 0 aliphatic carbocycles. The van der Waals surface area contributed by atoms with Gasteiger partial charge in [-0.1, -0.05) is 43.6 Å². The molecule has 0 aromatic heterocycles. The van der Waals surface area contributed by atoms with Gasteiger partial charge in [0.25, 0.3) is 0 Å². The third-order valence-corrected chi connectivity index (χ3v) is 7.65. The molecule has 5 nitrogen and oxygen atoms in total. The first kappa shape index (κ1) is 21.8. The quantitative estimate of drug-likeness (QED) is 0.734. The summed E-state index contributed by atoms with van der Waals surface area (Å²) in [4.78, 5) is 12.9. The van der Waals surface area contributed by atoms with Crippen LogP contribution in [-0.2, 0) is 14.8 Å². The summed E-state index contributed by atoms with van der Waals surface area (Å²) in [6, 6.07) is 12.5. The van der Waals surface area contributed by atoms with Gasteiger partial charge in [-0.3, -0.25) is 4.79 Å². The van der Waals surface area contributed by atoms with Crippen molar-refractivity contribution >= 4 is 33.2 Å². The lowest BCUT2D eigenvalue weighted by atomic mass is 9.98. The summed E-state index contributed by atoms with van der Waals surface area (Å²) < 4.78 is 27.4. The number of rotatable bonds is 5. The van der Waals surface area contributed by atoms with E-state index in [1.165, 1.54) is 15.9 Å². The fraction of sp³-hybridized carbons (Fsp3) is 0.409. The van der Waals surface area contributed by atoms with Gasteiger partial charge in [-0.25, -0.2) is 8.42 Å². The molecule has 1 atom stereocenters. The van der Waals surface area contributed by atoms with Gasteiger partial charge in [0.2, 0.25) is 15.9 Å². The molecule has 2 aromatic rings. The summed E-state index contributed by atoms with van der Waals surface area (Å²) >= 11 is 6.11. The molecule has 1 N–H and O–H groups in total. The number of piperidine rings is 1. The Kier molecular flexibility index (Phi) is 6.66. The predicted molar refractivity (Wildman–Crippen MR) is 117 cm³/mol. The van der Waals surface area contributed by atoms with E-state index in [2.05, 4.69) is 19.2 Å². The van der Waals surface area contributed by atoms with Gasteiger partial charge in [0.15, 0.2) is 0 Å². The first-order chi connectivity index (χ1) is 13.7. The molecule has 1 aliphatic heterocycles. The second-order valence-electron chi connectivity index (χ2n) is 7.88. The molecule has 2 aromatic carbocycles. The standard InChI is InChI=1S/C22H27ClN2O3S/c1-15(2)17-7-9-19(10-8-17)24-22(26)18-5-4-12-25(14-18)29(27,28)20-11-6-16(3)21(23)13-20/h6-11,13,15,18H,4-5,12,14H2,1-3H3,(H,24,26)/t18-/m0/s1. The third-order valence-electron chi connectivity index (χ3n) is 5.38. The first-order valence-electron chi connectivity index (χ1n) is 9.85. The Morgan fingerprint density at radius 3 is 2.48 bits per heavy atom. The molecule has 7 heteroatoms. The molecular formula is C22H27ClN2O3S. The molecular weight excluding hydrogens is 408 g/mol. The van der Waals surface area contributed by atoms with Crippen LogP contribution in [0.25, 0.3) is 0 Å². The maximum atomic E-state index is 13.0. The second kappa shape index (κ2) is 8.86. The number of nitrogens with zero attached hydrogens (tertiary/aromatic N) is 1. The molecule has 156 valence electrons. The zero-order chi connectivity index (χ0) is 21.2. The van der Waals surface area contributed by atoms with Gasteiger partial charge in [0, 0.05) is 23.8 Å². The van der Waals surface area contributed by atoms with Crippen molar-refractivity contribution in [2.24, 2.45) is 5.92 Å². The zero-order valence-corrected chi connectivity index (χ0v) is 18.6. The molecule has 0 unspecified atom stereocenters. The van der Waals surface area contributed by atoms with Gasteiger partial charge in [-0.15, -0.1) is 0 Å². The number of sulfonamides is 1. The summed E-state index contributed by atoms with van der Waals surface area (Å²) in [6.45, 7) is 6.63. The van der Waals surface area contributed by atoms with E-state index < -0.39 is 10.0 Å². The van der Waals surface area contributed by atoms with Crippen molar-refractivity contribution in [2.75, 3.05) is 18.4 Å². The van der Waals surface area contributed by atoms with E-state index in [-0.39, 0.29) is 23.3 Å². The fourth-order valence-electron chi connectivity index (χ4n) is 3.45. The van der Waals surface area contributed by atoms with Crippen LogP contribution < -0.4 is 5.32 Å². The number of anilines is 1. The summed E-state index contributed by atoms with van der Waals surface area (Å²) in [5, 5.41) is 3.34.